The van der Waals surface area contributed by atoms with Crippen molar-refractivity contribution in [2.24, 2.45) is 11.8 Å². The molecule has 1 aliphatic heterocycles. The maximum atomic E-state index is 11.1. The fraction of sp³-hybridized carbons (Fsp3) is 0.412. The van der Waals surface area contributed by atoms with Crippen LogP contribution in [0.5, 0.6) is 5.75 Å². The van der Waals surface area contributed by atoms with Gasteiger partial charge in [0.15, 0.2) is 0 Å². The van der Waals surface area contributed by atoms with E-state index in [2.05, 4.69) is 10.2 Å². The number of aromatic nitrogens is 2. The molecule has 2 heterocycles. The molecular formula is C17H19N3O3. The number of hydrogen-bond acceptors (Lipinski definition) is 3. The first-order chi connectivity index (χ1) is 11.2. The molecule has 6 nitrogen and oxygen atoms in total. The first kappa shape index (κ1) is 14.1. The van der Waals surface area contributed by atoms with Crippen molar-refractivity contribution in [1.82, 2.24) is 15.1 Å². The standard InChI is InChI=1S/C17H19N3O3/c21-17(22)20-9-11-7-13(8-12(11)10-20)23-16-4-2-1-3-14(16)15-5-6-18-19-15/h1-6,11-13H,7-10H2,(H,18,19)(H,21,22)/t11-,12+,13?. The summed E-state index contributed by atoms with van der Waals surface area (Å²) in [6, 6.07) is 9.88. The van der Waals surface area contributed by atoms with Gasteiger partial charge in [0.05, 0.1) is 11.8 Å². The Balaban J connectivity index is 1.46. The number of nitrogens with zero attached hydrogens (tertiary/aromatic N) is 2. The lowest BCUT2D eigenvalue weighted by Crippen LogP contribution is -2.29. The number of ether oxygens (including phenoxy) is 1. The molecule has 1 saturated carbocycles. The summed E-state index contributed by atoms with van der Waals surface area (Å²) in [7, 11) is 0. The molecule has 3 atom stereocenters. The van der Waals surface area contributed by atoms with Crippen LogP contribution in [-0.2, 0) is 0 Å². The van der Waals surface area contributed by atoms with Crippen LogP contribution in [0.3, 0.4) is 0 Å². The third-order valence-electron chi connectivity index (χ3n) is 4.95. The second-order valence-electron chi connectivity index (χ2n) is 6.39. The fourth-order valence-corrected chi connectivity index (χ4v) is 3.87. The molecule has 1 amide bonds. The zero-order valence-corrected chi connectivity index (χ0v) is 12.7. The van der Waals surface area contributed by atoms with E-state index < -0.39 is 6.09 Å². The number of aromatic amines is 1. The second kappa shape index (κ2) is 5.61. The van der Waals surface area contributed by atoms with Crippen molar-refractivity contribution < 1.29 is 14.6 Å². The molecule has 1 unspecified atom stereocenters. The Morgan fingerprint density at radius 3 is 2.61 bits per heavy atom. The highest BCUT2D eigenvalue weighted by molar-refractivity contribution is 5.66. The third-order valence-corrected chi connectivity index (χ3v) is 4.95. The number of hydrogen-bond donors (Lipinski definition) is 2. The van der Waals surface area contributed by atoms with Crippen molar-refractivity contribution in [3.05, 3.63) is 36.5 Å². The topological polar surface area (TPSA) is 78.4 Å². The molecule has 23 heavy (non-hydrogen) atoms. The predicted octanol–water partition coefficient (Wildman–Crippen LogP) is 2.84. The number of fused-ring (bicyclic) bond motifs is 1. The maximum Gasteiger partial charge on any atom is 0.407 e. The highest BCUT2D eigenvalue weighted by atomic mass is 16.5. The molecule has 1 saturated heterocycles. The molecule has 1 aromatic carbocycles. The fourth-order valence-electron chi connectivity index (χ4n) is 3.87. The molecule has 0 bridgehead atoms. The minimum absolute atomic E-state index is 0.157. The summed E-state index contributed by atoms with van der Waals surface area (Å²) in [5, 5.41) is 16.1. The van der Waals surface area contributed by atoms with Crippen LogP contribution in [0, 0.1) is 11.8 Å². The Kier molecular flexibility index (Phi) is 3.44. The second-order valence-corrected chi connectivity index (χ2v) is 6.39. The van der Waals surface area contributed by atoms with Crippen molar-refractivity contribution in [2.75, 3.05) is 13.1 Å². The average Bonchev–Trinajstić information content (AvgIpc) is 3.23. The summed E-state index contributed by atoms with van der Waals surface area (Å²) in [6.45, 7) is 1.28. The van der Waals surface area contributed by atoms with Gasteiger partial charge in [-0.25, -0.2) is 4.79 Å². The number of nitrogens with one attached hydrogen (secondary N) is 1. The highest BCUT2D eigenvalue weighted by Crippen LogP contribution is 2.41. The summed E-state index contributed by atoms with van der Waals surface area (Å²) in [5.41, 5.74) is 1.95. The zero-order valence-electron chi connectivity index (χ0n) is 12.7. The Morgan fingerprint density at radius 1 is 1.22 bits per heavy atom. The monoisotopic (exact) mass is 313 g/mol. The summed E-state index contributed by atoms with van der Waals surface area (Å²) < 4.78 is 6.25. The molecule has 1 aromatic heterocycles. The van der Waals surface area contributed by atoms with E-state index in [-0.39, 0.29) is 6.10 Å². The smallest absolute Gasteiger partial charge is 0.407 e. The summed E-state index contributed by atoms with van der Waals surface area (Å²) in [5.74, 6) is 1.71. The van der Waals surface area contributed by atoms with Crippen LogP contribution in [-0.4, -0.2) is 45.5 Å². The van der Waals surface area contributed by atoms with Gasteiger partial charge in [-0.2, -0.15) is 5.10 Å². The molecule has 0 spiro atoms. The van der Waals surface area contributed by atoms with E-state index in [0.717, 1.165) is 29.8 Å². The first-order valence-corrected chi connectivity index (χ1v) is 7.94. The highest BCUT2D eigenvalue weighted by Gasteiger charge is 2.43. The van der Waals surface area contributed by atoms with Crippen LogP contribution in [0.4, 0.5) is 4.79 Å². The van der Waals surface area contributed by atoms with E-state index in [4.69, 9.17) is 9.84 Å². The minimum atomic E-state index is -0.804. The van der Waals surface area contributed by atoms with Gasteiger partial charge >= 0.3 is 6.09 Å². The van der Waals surface area contributed by atoms with E-state index >= 15 is 0 Å². The van der Waals surface area contributed by atoms with Crippen LogP contribution in [0.15, 0.2) is 36.5 Å². The summed E-state index contributed by atoms with van der Waals surface area (Å²) >= 11 is 0. The lowest BCUT2D eigenvalue weighted by molar-refractivity contribution is 0.144. The van der Waals surface area contributed by atoms with Gasteiger partial charge < -0.3 is 14.7 Å². The Labute approximate surface area is 134 Å². The van der Waals surface area contributed by atoms with Gasteiger partial charge in [0.2, 0.25) is 0 Å². The number of likely N-dealkylation sites (tertiary alicyclic amines) is 1. The molecule has 1 aliphatic carbocycles. The lowest BCUT2D eigenvalue weighted by atomic mass is 10.0. The van der Waals surface area contributed by atoms with Crippen LogP contribution < -0.4 is 4.74 Å². The van der Waals surface area contributed by atoms with Gasteiger partial charge in [-0.1, -0.05) is 12.1 Å². The van der Waals surface area contributed by atoms with Crippen LogP contribution in [0.2, 0.25) is 0 Å². The van der Waals surface area contributed by atoms with Gasteiger partial charge in [-0.15, -0.1) is 0 Å². The number of carboxylic acid groups (broad SMARTS) is 1. The summed E-state index contributed by atoms with van der Waals surface area (Å²) in [4.78, 5) is 12.6. The van der Waals surface area contributed by atoms with Crippen LogP contribution >= 0.6 is 0 Å². The normalized spacial score (nSPS) is 26.3. The maximum absolute atomic E-state index is 11.1. The van der Waals surface area contributed by atoms with E-state index in [1.54, 1.807) is 6.20 Å². The predicted molar refractivity (Wildman–Crippen MR) is 84.3 cm³/mol. The van der Waals surface area contributed by atoms with E-state index in [1.807, 2.05) is 30.3 Å². The Morgan fingerprint density at radius 2 is 1.96 bits per heavy atom. The van der Waals surface area contributed by atoms with Crippen molar-refractivity contribution in [3.63, 3.8) is 0 Å². The van der Waals surface area contributed by atoms with Crippen molar-refractivity contribution >= 4 is 6.09 Å². The molecule has 4 rings (SSSR count). The SMILES string of the molecule is O=C(O)N1C[C@H]2CC(Oc3ccccc3-c3ccn[nH]3)C[C@H]2C1. The number of H-pyrrole nitrogens is 1. The molecule has 2 fully saturated rings. The quantitative estimate of drug-likeness (QED) is 0.913. The molecule has 0 radical (unpaired) electrons. The first-order valence-electron chi connectivity index (χ1n) is 7.94. The largest absolute Gasteiger partial charge is 0.490 e. The van der Waals surface area contributed by atoms with E-state index in [0.29, 0.717) is 24.9 Å². The summed E-state index contributed by atoms with van der Waals surface area (Å²) in [6.07, 6.45) is 2.93. The molecule has 120 valence electrons. The van der Waals surface area contributed by atoms with Gasteiger partial charge in [-0.3, -0.25) is 5.10 Å². The van der Waals surface area contributed by atoms with Crippen molar-refractivity contribution in [2.45, 2.75) is 18.9 Å². The van der Waals surface area contributed by atoms with E-state index in [1.165, 1.54) is 4.90 Å². The lowest BCUT2D eigenvalue weighted by Gasteiger charge is -2.19. The van der Waals surface area contributed by atoms with Crippen LogP contribution in [0.25, 0.3) is 11.3 Å². The molecule has 6 heteroatoms. The van der Waals surface area contributed by atoms with Crippen molar-refractivity contribution in [1.29, 1.82) is 0 Å². The number of carbonyl (C=O) groups is 1. The molecule has 2 N–H and O–H groups in total. The molecular weight excluding hydrogens is 294 g/mol. The number of rotatable bonds is 3. The number of benzene rings is 1. The van der Waals surface area contributed by atoms with Crippen LogP contribution in [0.1, 0.15) is 12.8 Å². The van der Waals surface area contributed by atoms with Gasteiger partial charge in [-0.05, 0) is 42.9 Å². The number of para-hydroxylation sites is 1. The van der Waals surface area contributed by atoms with Crippen molar-refractivity contribution in [3.8, 4) is 17.0 Å². The average molecular weight is 313 g/mol. The molecule has 2 aromatic rings. The Hall–Kier alpha value is -2.50. The van der Waals surface area contributed by atoms with Gasteiger partial charge in [0.25, 0.3) is 0 Å². The van der Waals surface area contributed by atoms with E-state index in [9.17, 15) is 4.79 Å². The van der Waals surface area contributed by atoms with Gasteiger partial charge in [0, 0.05) is 24.8 Å². The third kappa shape index (κ3) is 2.65. The zero-order chi connectivity index (χ0) is 15.8. The van der Waals surface area contributed by atoms with Gasteiger partial charge in [0.1, 0.15) is 5.75 Å². The Bertz CT molecular complexity index is 687. The number of amides is 1. The molecule has 2 aliphatic rings. The minimum Gasteiger partial charge on any atom is -0.490 e.